The summed E-state index contributed by atoms with van der Waals surface area (Å²) >= 11 is 5.69. The second-order valence-corrected chi connectivity index (χ2v) is 5.67. The lowest BCUT2D eigenvalue weighted by Crippen LogP contribution is -2.41. The highest BCUT2D eigenvalue weighted by Gasteiger charge is 2.09. The maximum atomic E-state index is 13.0. The lowest BCUT2D eigenvalue weighted by molar-refractivity contribution is 0.220. The molecule has 0 aromatic heterocycles. The number of halogens is 2. The Labute approximate surface area is 129 Å². The summed E-state index contributed by atoms with van der Waals surface area (Å²) in [6.45, 7) is 4.09. The molecule has 0 aliphatic carbocycles. The first kappa shape index (κ1) is 16.0. The second kappa shape index (κ2) is 8.20. The van der Waals surface area contributed by atoms with Gasteiger partial charge in [0.05, 0.1) is 5.02 Å². The van der Waals surface area contributed by atoms with Gasteiger partial charge in [0.25, 0.3) is 0 Å². The number of amides is 2. The van der Waals surface area contributed by atoms with Gasteiger partial charge in [-0.1, -0.05) is 24.1 Å². The molecule has 0 saturated carbocycles. The molecule has 2 N–H and O–H groups in total. The van der Waals surface area contributed by atoms with E-state index in [-0.39, 0.29) is 11.1 Å². The van der Waals surface area contributed by atoms with Gasteiger partial charge in [-0.3, -0.25) is 0 Å². The molecule has 0 atom stereocenters. The number of rotatable bonds is 5. The van der Waals surface area contributed by atoms with Crippen LogP contribution in [0.15, 0.2) is 18.2 Å². The lowest BCUT2D eigenvalue weighted by atomic mass is 10.1. The molecule has 21 heavy (non-hydrogen) atoms. The number of piperidine rings is 1. The number of hydrogen-bond donors (Lipinski definition) is 2. The van der Waals surface area contributed by atoms with Gasteiger partial charge < -0.3 is 15.5 Å². The number of carbonyl (C=O) groups excluding carboxylic acids is 1. The topological polar surface area (TPSA) is 44.4 Å². The molecule has 4 nitrogen and oxygen atoms in total. The van der Waals surface area contributed by atoms with Crippen molar-refractivity contribution in [2.75, 3.05) is 26.2 Å². The van der Waals surface area contributed by atoms with E-state index < -0.39 is 5.82 Å². The van der Waals surface area contributed by atoms with Gasteiger partial charge in [0.15, 0.2) is 0 Å². The molecule has 1 aromatic carbocycles. The molecule has 1 aromatic rings. The first-order valence-electron chi connectivity index (χ1n) is 7.33. The van der Waals surface area contributed by atoms with Crippen LogP contribution in [-0.4, -0.2) is 37.1 Å². The van der Waals surface area contributed by atoms with Gasteiger partial charge in [-0.05, 0) is 43.6 Å². The Morgan fingerprint density at radius 2 is 2.00 bits per heavy atom. The lowest BCUT2D eigenvalue weighted by Gasteiger charge is -2.26. The van der Waals surface area contributed by atoms with E-state index >= 15 is 0 Å². The number of urea groups is 1. The van der Waals surface area contributed by atoms with Gasteiger partial charge >= 0.3 is 6.03 Å². The maximum absolute atomic E-state index is 13.0. The molecule has 1 heterocycles. The van der Waals surface area contributed by atoms with Crippen LogP contribution in [0.3, 0.4) is 0 Å². The Kier molecular flexibility index (Phi) is 6.26. The van der Waals surface area contributed by atoms with Gasteiger partial charge in [-0.2, -0.15) is 0 Å². The quantitative estimate of drug-likeness (QED) is 0.878. The van der Waals surface area contributed by atoms with Crippen molar-refractivity contribution in [3.8, 4) is 0 Å². The SMILES string of the molecule is O=C(NCCN1CCCCC1)NCc1ccc(F)c(Cl)c1. The minimum Gasteiger partial charge on any atom is -0.337 e. The third-order valence-corrected chi connectivity index (χ3v) is 3.89. The zero-order valence-corrected chi connectivity index (χ0v) is 12.8. The average molecular weight is 314 g/mol. The highest BCUT2D eigenvalue weighted by molar-refractivity contribution is 6.30. The molecular formula is C15H21ClFN3O. The average Bonchev–Trinajstić information content (AvgIpc) is 2.49. The fourth-order valence-electron chi connectivity index (χ4n) is 2.40. The summed E-state index contributed by atoms with van der Waals surface area (Å²) in [5, 5.41) is 5.63. The molecule has 6 heteroatoms. The van der Waals surface area contributed by atoms with E-state index in [1.165, 1.54) is 31.4 Å². The van der Waals surface area contributed by atoms with Gasteiger partial charge in [0.1, 0.15) is 5.82 Å². The van der Waals surface area contributed by atoms with Crippen LogP contribution in [0.2, 0.25) is 5.02 Å². The van der Waals surface area contributed by atoms with E-state index in [9.17, 15) is 9.18 Å². The highest BCUT2D eigenvalue weighted by atomic mass is 35.5. The van der Waals surface area contributed by atoms with Crippen molar-refractivity contribution < 1.29 is 9.18 Å². The van der Waals surface area contributed by atoms with E-state index in [1.807, 2.05) is 0 Å². The molecule has 2 amide bonds. The van der Waals surface area contributed by atoms with Crippen molar-refractivity contribution in [1.29, 1.82) is 0 Å². The Bertz CT molecular complexity index is 478. The van der Waals surface area contributed by atoms with Crippen molar-refractivity contribution in [3.05, 3.63) is 34.6 Å². The van der Waals surface area contributed by atoms with E-state index in [0.717, 1.165) is 25.2 Å². The Morgan fingerprint density at radius 1 is 1.24 bits per heavy atom. The molecular weight excluding hydrogens is 293 g/mol. The van der Waals surface area contributed by atoms with Crippen molar-refractivity contribution in [2.24, 2.45) is 0 Å². The maximum Gasteiger partial charge on any atom is 0.315 e. The molecule has 116 valence electrons. The molecule has 0 unspecified atom stereocenters. The highest BCUT2D eigenvalue weighted by Crippen LogP contribution is 2.15. The summed E-state index contributed by atoms with van der Waals surface area (Å²) < 4.78 is 13.0. The van der Waals surface area contributed by atoms with Gasteiger partial charge in [-0.25, -0.2) is 9.18 Å². The van der Waals surface area contributed by atoms with Crippen LogP contribution in [0, 0.1) is 5.82 Å². The van der Waals surface area contributed by atoms with Crippen LogP contribution in [0.5, 0.6) is 0 Å². The molecule has 1 fully saturated rings. The monoisotopic (exact) mass is 313 g/mol. The smallest absolute Gasteiger partial charge is 0.315 e. The summed E-state index contributed by atoms with van der Waals surface area (Å²) in [6.07, 6.45) is 3.81. The largest absolute Gasteiger partial charge is 0.337 e. The fraction of sp³-hybridized carbons (Fsp3) is 0.533. The van der Waals surface area contributed by atoms with E-state index in [1.54, 1.807) is 6.07 Å². The summed E-state index contributed by atoms with van der Waals surface area (Å²) in [7, 11) is 0. The Hall–Kier alpha value is -1.33. The van der Waals surface area contributed by atoms with E-state index in [4.69, 9.17) is 11.6 Å². The molecule has 0 bridgehead atoms. The molecule has 1 aliphatic heterocycles. The van der Waals surface area contributed by atoms with E-state index in [0.29, 0.717) is 13.1 Å². The van der Waals surface area contributed by atoms with Crippen LogP contribution in [-0.2, 0) is 6.54 Å². The Balaban J connectivity index is 1.63. The van der Waals surface area contributed by atoms with Crippen LogP contribution in [0.1, 0.15) is 24.8 Å². The molecule has 0 radical (unpaired) electrons. The van der Waals surface area contributed by atoms with Crippen LogP contribution >= 0.6 is 11.6 Å². The Morgan fingerprint density at radius 3 is 2.71 bits per heavy atom. The molecule has 2 rings (SSSR count). The van der Waals surface area contributed by atoms with Gasteiger partial charge in [-0.15, -0.1) is 0 Å². The van der Waals surface area contributed by atoms with Crippen molar-refractivity contribution >= 4 is 17.6 Å². The first-order valence-corrected chi connectivity index (χ1v) is 7.71. The summed E-state index contributed by atoms with van der Waals surface area (Å²) in [5.41, 5.74) is 0.771. The third kappa shape index (κ3) is 5.52. The first-order chi connectivity index (χ1) is 10.1. The minimum absolute atomic E-state index is 0.0693. The van der Waals surface area contributed by atoms with E-state index in [2.05, 4.69) is 15.5 Å². The minimum atomic E-state index is -0.452. The van der Waals surface area contributed by atoms with Crippen molar-refractivity contribution in [2.45, 2.75) is 25.8 Å². The van der Waals surface area contributed by atoms with Gasteiger partial charge in [0.2, 0.25) is 0 Å². The number of benzene rings is 1. The van der Waals surface area contributed by atoms with Crippen molar-refractivity contribution in [3.63, 3.8) is 0 Å². The number of likely N-dealkylation sites (tertiary alicyclic amines) is 1. The summed E-state index contributed by atoms with van der Waals surface area (Å²) in [6, 6.07) is 4.21. The summed E-state index contributed by atoms with van der Waals surface area (Å²) in [5.74, 6) is -0.452. The number of nitrogens with zero attached hydrogens (tertiary/aromatic N) is 1. The second-order valence-electron chi connectivity index (χ2n) is 5.26. The molecule has 1 saturated heterocycles. The normalized spacial score (nSPS) is 15.7. The predicted octanol–water partition coefficient (Wildman–Crippen LogP) is 2.76. The number of carbonyl (C=O) groups is 1. The standard InChI is InChI=1S/C15H21ClFN3O/c16-13-10-12(4-5-14(13)17)11-19-15(21)18-6-9-20-7-2-1-3-8-20/h4-5,10H,1-3,6-9,11H2,(H2,18,19,21). The van der Waals surface area contributed by atoms with Crippen LogP contribution < -0.4 is 10.6 Å². The number of nitrogens with one attached hydrogen (secondary N) is 2. The predicted molar refractivity (Wildman–Crippen MR) is 81.9 cm³/mol. The van der Waals surface area contributed by atoms with Crippen LogP contribution in [0.4, 0.5) is 9.18 Å². The third-order valence-electron chi connectivity index (χ3n) is 3.60. The zero-order chi connectivity index (χ0) is 15.1. The zero-order valence-electron chi connectivity index (χ0n) is 12.0. The van der Waals surface area contributed by atoms with Gasteiger partial charge in [0, 0.05) is 19.6 Å². The molecule has 0 spiro atoms. The number of hydrogen-bond acceptors (Lipinski definition) is 2. The fourth-order valence-corrected chi connectivity index (χ4v) is 2.61. The van der Waals surface area contributed by atoms with Crippen molar-refractivity contribution in [1.82, 2.24) is 15.5 Å². The summed E-state index contributed by atoms with van der Waals surface area (Å²) in [4.78, 5) is 14.0. The molecule has 1 aliphatic rings. The van der Waals surface area contributed by atoms with Crippen LogP contribution in [0.25, 0.3) is 0 Å².